The van der Waals surface area contributed by atoms with Crippen LogP contribution in [0.3, 0.4) is 0 Å². The molecule has 20 heavy (non-hydrogen) atoms. The molecule has 1 saturated heterocycles. The predicted molar refractivity (Wildman–Crippen MR) is 79.5 cm³/mol. The highest BCUT2D eigenvalue weighted by molar-refractivity contribution is 6.29. The van der Waals surface area contributed by atoms with Crippen LogP contribution in [-0.2, 0) is 11.2 Å². The third kappa shape index (κ3) is 3.69. The minimum Gasteiger partial charge on any atom is -0.342 e. The van der Waals surface area contributed by atoms with E-state index >= 15 is 0 Å². The Morgan fingerprint density at radius 3 is 2.45 bits per heavy atom. The number of carbonyl (C=O) groups excluding carboxylic acids is 1. The number of hydrogen-bond donors (Lipinski definition) is 0. The summed E-state index contributed by atoms with van der Waals surface area (Å²) < 4.78 is 0. The Kier molecular flexibility index (Phi) is 4.63. The van der Waals surface area contributed by atoms with Crippen molar-refractivity contribution in [1.29, 1.82) is 0 Å². The molecule has 110 valence electrons. The number of carbonyl (C=O) groups is 1. The van der Waals surface area contributed by atoms with Crippen LogP contribution in [0.25, 0.3) is 0 Å². The predicted octanol–water partition coefficient (Wildman–Crippen LogP) is 2.96. The lowest BCUT2D eigenvalue weighted by Gasteiger charge is -2.35. The first-order chi connectivity index (χ1) is 9.38. The quantitative estimate of drug-likeness (QED) is 0.843. The Hall–Kier alpha value is -1.16. The van der Waals surface area contributed by atoms with Crippen molar-refractivity contribution in [2.24, 2.45) is 11.3 Å². The van der Waals surface area contributed by atoms with E-state index < -0.39 is 0 Å². The number of likely N-dealkylation sites (tertiary alicyclic amines) is 1. The van der Waals surface area contributed by atoms with Gasteiger partial charge in [0, 0.05) is 30.9 Å². The van der Waals surface area contributed by atoms with Crippen molar-refractivity contribution in [2.45, 2.75) is 40.0 Å². The molecule has 0 radical (unpaired) electrons. The molecule has 4 nitrogen and oxygen atoms in total. The molecule has 2 heterocycles. The lowest BCUT2D eigenvalue weighted by molar-refractivity contribution is -0.140. The summed E-state index contributed by atoms with van der Waals surface area (Å²) in [7, 11) is 0. The minimum atomic E-state index is -0.291. The largest absolute Gasteiger partial charge is 0.342 e. The molecule has 0 aliphatic carbocycles. The monoisotopic (exact) mass is 295 g/mol. The molecule has 0 saturated carbocycles. The van der Waals surface area contributed by atoms with Crippen molar-refractivity contribution < 1.29 is 4.79 Å². The Morgan fingerprint density at radius 2 is 1.90 bits per heavy atom. The fourth-order valence-electron chi connectivity index (χ4n) is 2.57. The molecule has 0 aromatic carbocycles. The first-order valence-corrected chi connectivity index (χ1v) is 7.50. The molecule has 0 spiro atoms. The van der Waals surface area contributed by atoms with Gasteiger partial charge < -0.3 is 4.90 Å². The van der Waals surface area contributed by atoms with Crippen molar-refractivity contribution in [3.63, 3.8) is 0 Å². The molecule has 1 aromatic heterocycles. The van der Waals surface area contributed by atoms with Crippen LogP contribution in [0.15, 0.2) is 12.4 Å². The average Bonchev–Trinajstić information content (AvgIpc) is 2.40. The van der Waals surface area contributed by atoms with Crippen LogP contribution >= 0.6 is 11.6 Å². The third-order valence-corrected chi connectivity index (χ3v) is 4.06. The Bertz CT molecular complexity index is 476. The van der Waals surface area contributed by atoms with Gasteiger partial charge in [-0.15, -0.1) is 0 Å². The van der Waals surface area contributed by atoms with Crippen molar-refractivity contribution in [1.82, 2.24) is 14.9 Å². The molecular formula is C15H22ClN3O. The smallest absolute Gasteiger partial charge is 0.227 e. The number of halogens is 1. The molecule has 1 amide bonds. The van der Waals surface area contributed by atoms with Gasteiger partial charge in [-0.1, -0.05) is 32.4 Å². The maximum Gasteiger partial charge on any atom is 0.227 e. The van der Waals surface area contributed by atoms with Gasteiger partial charge in [0.15, 0.2) is 0 Å². The Labute approximate surface area is 125 Å². The fourth-order valence-corrected chi connectivity index (χ4v) is 2.76. The highest BCUT2D eigenvalue weighted by Gasteiger charge is 2.30. The number of rotatable bonds is 2. The maximum absolute atomic E-state index is 12.2. The molecule has 0 unspecified atom stereocenters. The van der Waals surface area contributed by atoms with E-state index in [-0.39, 0.29) is 11.3 Å². The summed E-state index contributed by atoms with van der Waals surface area (Å²) in [5.41, 5.74) is 0.580. The van der Waals surface area contributed by atoms with E-state index in [1.807, 2.05) is 25.7 Å². The SMILES string of the molecule is CC(C)(C)C(=O)N1CCC(Cc2nccnc2Cl)CC1. The lowest BCUT2D eigenvalue weighted by Crippen LogP contribution is -2.44. The van der Waals surface area contributed by atoms with E-state index in [0.717, 1.165) is 38.0 Å². The zero-order valence-corrected chi connectivity index (χ0v) is 13.2. The zero-order valence-electron chi connectivity index (χ0n) is 12.4. The molecular weight excluding hydrogens is 274 g/mol. The third-order valence-electron chi connectivity index (χ3n) is 3.75. The van der Waals surface area contributed by atoms with E-state index in [9.17, 15) is 4.79 Å². The number of piperidine rings is 1. The Balaban J connectivity index is 1.89. The Morgan fingerprint density at radius 1 is 1.30 bits per heavy atom. The van der Waals surface area contributed by atoms with Crippen LogP contribution in [0, 0.1) is 11.3 Å². The van der Waals surface area contributed by atoms with Crippen LogP contribution in [-0.4, -0.2) is 33.9 Å². The lowest BCUT2D eigenvalue weighted by atomic mass is 9.89. The van der Waals surface area contributed by atoms with Crippen LogP contribution in [0.4, 0.5) is 0 Å². The molecule has 0 atom stereocenters. The molecule has 1 aliphatic rings. The summed E-state index contributed by atoms with van der Waals surface area (Å²) >= 11 is 6.04. The van der Waals surface area contributed by atoms with Gasteiger partial charge in [0.2, 0.25) is 5.91 Å². The van der Waals surface area contributed by atoms with Gasteiger partial charge in [-0.25, -0.2) is 4.98 Å². The first-order valence-electron chi connectivity index (χ1n) is 7.12. The van der Waals surface area contributed by atoms with E-state index in [0.29, 0.717) is 11.1 Å². The van der Waals surface area contributed by atoms with Crippen molar-refractivity contribution in [2.75, 3.05) is 13.1 Å². The van der Waals surface area contributed by atoms with Gasteiger partial charge in [0.1, 0.15) is 5.15 Å². The maximum atomic E-state index is 12.2. The van der Waals surface area contributed by atoms with Crippen LogP contribution < -0.4 is 0 Å². The summed E-state index contributed by atoms with van der Waals surface area (Å²) in [4.78, 5) is 22.6. The highest BCUT2D eigenvalue weighted by atomic mass is 35.5. The molecule has 1 fully saturated rings. The molecule has 0 bridgehead atoms. The summed E-state index contributed by atoms with van der Waals surface area (Å²) in [6.45, 7) is 7.58. The molecule has 1 aromatic rings. The average molecular weight is 296 g/mol. The minimum absolute atomic E-state index is 0.244. The standard InChI is InChI=1S/C15H22ClN3O/c1-15(2,3)14(20)19-8-4-11(5-9-19)10-12-13(16)18-7-6-17-12/h6-7,11H,4-5,8-10H2,1-3H3. The van der Waals surface area contributed by atoms with Crippen LogP contribution in [0.1, 0.15) is 39.3 Å². The van der Waals surface area contributed by atoms with Gasteiger partial charge in [0.05, 0.1) is 5.69 Å². The van der Waals surface area contributed by atoms with Gasteiger partial charge in [-0.05, 0) is 25.2 Å². The number of aromatic nitrogens is 2. The number of hydrogen-bond acceptors (Lipinski definition) is 3. The summed E-state index contributed by atoms with van der Waals surface area (Å²) in [6, 6.07) is 0. The van der Waals surface area contributed by atoms with E-state index in [4.69, 9.17) is 11.6 Å². The van der Waals surface area contributed by atoms with Crippen molar-refractivity contribution in [3.05, 3.63) is 23.2 Å². The number of nitrogens with zero attached hydrogens (tertiary/aromatic N) is 3. The second-order valence-corrected chi connectivity index (χ2v) is 6.84. The van der Waals surface area contributed by atoms with Gasteiger partial charge >= 0.3 is 0 Å². The van der Waals surface area contributed by atoms with Gasteiger partial charge in [-0.3, -0.25) is 9.78 Å². The van der Waals surface area contributed by atoms with E-state index in [2.05, 4.69) is 9.97 Å². The normalized spacial score (nSPS) is 17.3. The highest BCUT2D eigenvalue weighted by Crippen LogP contribution is 2.26. The van der Waals surface area contributed by atoms with E-state index in [1.165, 1.54) is 0 Å². The second kappa shape index (κ2) is 6.08. The molecule has 1 aliphatic heterocycles. The van der Waals surface area contributed by atoms with Crippen molar-refractivity contribution >= 4 is 17.5 Å². The summed E-state index contributed by atoms with van der Waals surface area (Å²) in [5.74, 6) is 0.779. The number of amides is 1. The first kappa shape index (κ1) is 15.2. The van der Waals surface area contributed by atoms with Crippen LogP contribution in [0.2, 0.25) is 5.15 Å². The summed E-state index contributed by atoms with van der Waals surface area (Å²) in [6.07, 6.45) is 6.16. The fraction of sp³-hybridized carbons (Fsp3) is 0.667. The van der Waals surface area contributed by atoms with Crippen molar-refractivity contribution in [3.8, 4) is 0 Å². The van der Waals surface area contributed by atoms with E-state index in [1.54, 1.807) is 12.4 Å². The van der Waals surface area contributed by atoms with Gasteiger partial charge in [0.25, 0.3) is 0 Å². The zero-order chi connectivity index (χ0) is 14.8. The summed E-state index contributed by atoms with van der Waals surface area (Å²) in [5, 5.41) is 0.501. The molecule has 0 N–H and O–H groups in total. The topological polar surface area (TPSA) is 46.1 Å². The molecule has 5 heteroatoms. The van der Waals surface area contributed by atoms with Crippen LogP contribution in [0.5, 0.6) is 0 Å². The van der Waals surface area contributed by atoms with Gasteiger partial charge in [-0.2, -0.15) is 0 Å². The second-order valence-electron chi connectivity index (χ2n) is 6.48. The molecule has 2 rings (SSSR count).